The number of carbonyl (C=O) groups excluding carboxylic acids is 1. The first-order valence-corrected chi connectivity index (χ1v) is 11.2. The molecule has 0 saturated heterocycles. The Morgan fingerprint density at radius 1 is 0.806 bits per heavy atom. The van der Waals surface area contributed by atoms with Gasteiger partial charge in [0.25, 0.3) is 0 Å². The van der Waals surface area contributed by atoms with Crippen LogP contribution in [-0.2, 0) is 0 Å². The molecule has 160 valence electrons. The third-order valence-electron chi connectivity index (χ3n) is 5.15. The smallest absolute Gasteiger partial charge is 0.450 e. The SMILES string of the molecule is O=C(O)O.O=C(c1ccc(-c2ccc(Cl)cc2)cc1)C1CCC(Sc2ccccc2)C1. The molecule has 3 aromatic rings. The molecule has 0 aromatic heterocycles. The van der Waals surface area contributed by atoms with Crippen molar-refractivity contribution >= 4 is 35.3 Å². The van der Waals surface area contributed by atoms with Crippen LogP contribution in [0.4, 0.5) is 4.79 Å². The largest absolute Gasteiger partial charge is 0.503 e. The van der Waals surface area contributed by atoms with Gasteiger partial charge in [-0.2, -0.15) is 0 Å². The van der Waals surface area contributed by atoms with E-state index in [0.29, 0.717) is 5.25 Å². The molecule has 2 atom stereocenters. The first kappa shape index (κ1) is 22.9. The van der Waals surface area contributed by atoms with E-state index in [0.717, 1.165) is 41.0 Å². The molecular formula is C25H23ClO4S. The lowest BCUT2D eigenvalue weighted by atomic mass is 9.94. The molecule has 31 heavy (non-hydrogen) atoms. The Bertz CT molecular complexity index is 1000. The van der Waals surface area contributed by atoms with Crippen molar-refractivity contribution in [2.45, 2.75) is 29.4 Å². The summed E-state index contributed by atoms with van der Waals surface area (Å²) < 4.78 is 0. The van der Waals surface area contributed by atoms with Crippen LogP contribution in [0.15, 0.2) is 83.8 Å². The van der Waals surface area contributed by atoms with Gasteiger partial charge in [0, 0.05) is 26.6 Å². The van der Waals surface area contributed by atoms with Gasteiger partial charge in [-0.1, -0.05) is 66.2 Å². The molecule has 0 amide bonds. The monoisotopic (exact) mass is 454 g/mol. The first-order valence-electron chi connectivity index (χ1n) is 9.96. The van der Waals surface area contributed by atoms with E-state index in [1.54, 1.807) is 0 Å². The number of halogens is 1. The zero-order valence-corrected chi connectivity index (χ0v) is 18.4. The van der Waals surface area contributed by atoms with Crippen molar-refractivity contribution in [1.82, 2.24) is 0 Å². The summed E-state index contributed by atoms with van der Waals surface area (Å²) in [5, 5.41) is 15.2. The topological polar surface area (TPSA) is 74.6 Å². The molecule has 0 aliphatic heterocycles. The summed E-state index contributed by atoms with van der Waals surface area (Å²) in [6.07, 6.45) is 1.23. The normalized spacial score (nSPS) is 17.5. The molecule has 4 rings (SSSR count). The molecule has 0 heterocycles. The van der Waals surface area contributed by atoms with Crippen LogP contribution in [0.25, 0.3) is 11.1 Å². The number of hydrogen-bond acceptors (Lipinski definition) is 3. The number of carbonyl (C=O) groups is 2. The number of hydrogen-bond donors (Lipinski definition) is 2. The minimum atomic E-state index is -1.83. The van der Waals surface area contributed by atoms with E-state index in [-0.39, 0.29) is 11.7 Å². The van der Waals surface area contributed by atoms with Crippen LogP contribution in [0.3, 0.4) is 0 Å². The second-order valence-electron chi connectivity index (χ2n) is 7.29. The number of ketones is 1. The summed E-state index contributed by atoms with van der Waals surface area (Å²) in [5.41, 5.74) is 3.04. The fraction of sp³-hybridized carbons (Fsp3) is 0.200. The predicted molar refractivity (Wildman–Crippen MR) is 125 cm³/mol. The summed E-state index contributed by atoms with van der Waals surface area (Å²) in [6.45, 7) is 0. The molecule has 2 unspecified atom stereocenters. The maximum absolute atomic E-state index is 12.9. The van der Waals surface area contributed by atoms with E-state index < -0.39 is 6.16 Å². The average Bonchev–Trinajstić information content (AvgIpc) is 3.23. The fourth-order valence-electron chi connectivity index (χ4n) is 3.68. The number of thioether (sulfide) groups is 1. The van der Waals surface area contributed by atoms with Gasteiger partial charge in [-0.05, 0) is 54.7 Å². The van der Waals surface area contributed by atoms with Crippen LogP contribution in [0.2, 0.25) is 5.02 Å². The summed E-state index contributed by atoms with van der Waals surface area (Å²) in [7, 11) is 0. The lowest BCUT2D eigenvalue weighted by Gasteiger charge is -2.11. The molecule has 0 spiro atoms. The molecule has 0 radical (unpaired) electrons. The van der Waals surface area contributed by atoms with Crippen LogP contribution in [-0.4, -0.2) is 27.4 Å². The van der Waals surface area contributed by atoms with Gasteiger partial charge in [0.1, 0.15) is 0 Å². The Kier molecular flexibility index (Phi) is 8.15. The summed E-state index contributed by atoms with van der Waals surface area (Å²) in [6, 6.07) is 26.2. The Morgan fingerprint density at radius 3 is 1.94 bits per heavy atom. The highest BCUT2D eigenvalue weighted by atomic mass is 35.5. The third kappa shape index (κ3) is 6.88. The van der Waals surface area contributed by atoms with Crippen molar-refractivity contribution in [2.75, 3.05) is 0 Å². The van der Waals surface area contributed by atoms with Gasteiger partial charge >= 0.3 is 6.16 Å². The third-order valence-corrected chi connectivity index (χ3v) is 6.71. The van der Waals surface area contributed by atoms with Gasteiger partial charge in [-0.25, -0.2) is 4.79 Å². The molecule has 0 bridgehead atoms. The van der Waals surface area contributed by atoms with Gasteiger partial charge in [0.15, 0.2) is 5.78 Å². The van der Waals surface area contributed by atoms with Gasteiger partial charge in [-0.15, -0.1) is 11.8 Å². The van der Waals surface area contributed by atoms with Gasteiger partial charge in [-0.3, -0.25) is 4.79 Å². The van der Waals surface area contributed by atoms with Gasteiger partial charge in [0.05, 0.1) is 0 Å². The van der Waals surface area contributed by atoms with Crippen LogP contribution in [0.1, 0.15) is 29.6 Å². The molecule has 1 saturated carbocycles. The van der Waals surface area contributed by atoms with Crippen molar-refractivity contribution < 1.29 is 19.8 Å². The zero-order valence-electron chi connectivity index (χ0n) is 16.8. The molecule has 6 heteroatoms. The molecule has 1 aliphatic carbocycles. The number of benzene rings is 3. The lowest BCUT2D eigenvalue weighted by Crippen LogP contribution is -2.12. The van der Waals surface area contributed by atoms with Crippen molar-refractivity contribution in [3.63, 3.8) is 0 Å². The molecule has 2 N–H and O–H groups in total. The van der Waals surface area contributed by atoms with Crippen LogP contribution in [0.5, 0.6) is 0 Å². The Morgan fingerprint density at radius 2 is 1.35 bits per heavy atom. The molecule has 1 fully saturated rings. The molecular weight excluding hydrogens is 432 g/mol. The second-order valence-corrected chi connectivity index (χ2v) is 9.10. The van der Waals surface area contributed by atoms with Crippen LogP contribution in [0, 0.1) is 5.92 Å². The highest BCUT2D eigenvalue weighted by Crippen LogP contribution is 2.39. The molecule has 4 nitrogen and oxygen atoms in total. The van der Waals surface area contributed by atoms with Gasteiger partial charge in [0.2, 0.25) is 0 Å². The van der Waals surface area contributed by atoms with Crippen LogP contribution < -0.4 is 0 Å². The average molecular weight is 455 g/mol. The summed E-state index contributed by atoms with van der Waals surface area (Å²) >= 11 is 7.86. The minimum absolute atomic E-state index is 0.146. The fourth-order valence-corrected chi connectivity index (χ4v) is 5.09. The van der Waals surface area contributed by atoms with E-state index in [9.17, 15) is 4.79 Å². The predicted octanol–water partition coefficient (Wildman–Crippen LogP) is 7.37. The minimum Gasteiger partial charge on any atom is -0.450 e. The molecule has 3 aromatic carbocycles. The van der Waals surface area contributed by atoms with Crippen molar-refractivity contribution in [3.8, 4) is 11.1 Å². The Balaban J connectivity index is 0.000000628. The zero-order chi connectivity index (χ0) is 22.2. The van der Waals surface area contributed by atoms with Crippen molar-refractivity contribution in [2.24, 2.45) is 5.92 Å². The Hall–Kier alpha value is -2.76. The summed E-state index contributed by atoms with van der Waals surface area (Å²) in [4.78, 5) is 22.8. The van der Waals surface area contributed by atoms with E-state index in [4.69, 9.17) is 26.6 Å². The van der Waals surface area contributed by atoms with E-state index in [1.807, 2.05) is 66.4 Å². The second kappa shape index (κ2) is 11.0. The number of carboxylic acid groups (broad SMARTS) is 2. The quantitative estimate of drug-likeness (QED) is 0.393. The van der Waals surface area contributed by atoms with Crippen molar-refractivity contribution in [1.29, 1.82) is 0 Å². The van der Waals surface area contributed by atoms with E-state index in [2.05, 4.69) is 24.3 Å². The van der Waals surface area contributed by atoms with Crippen LogP contribution >= 0.6 is 23.4 Å². The first-order chi connectivity index (χ1) is 14.9. The maximum Gasteiger partial charge on any atom is 0.503 e. The van der Waals surface area contributed by atoms with Gasteiger partial charge < -0.3 is 10.2 Å². The lowest BCUT2D eigenvalue weighted by molar-refractivity contribution is 0.0923. The maximum atomic E-state index is 12.9. The highest BCUT2D eigenvalue weighted by molar-refractivity contribution is 8.00. The number of rotatable bonds is 5. The number of Topliss-reactive ketones (excluding diaryl/α,β-unsaturated/α-hetero) is 1. The van der Waals surface area contributed by atoms with E-state index in [1.165, 1.54) is 4.90 Å². The van der Waals surface area contributed by atoms with Crippen molar-refractivity contribution in [3.05, 3.63) is 89.4 Å². The van der Waals surface area contributed by atoms with E-state index >= 15 is 0 Å². The Labute approximate surface area is 190 Å². The summed E-state index contributed by atoms with van der Waals surface area (Å²) in [5.74, 6) is 0.432. The highest BCUT2D eigenvalue weighted by Gasteiger charge is 2.30. The molecule has 1 aliphatic rings. The standard InChI is InChI=1S/C24H21ClOS.CH2O3/c25-21-13-10-18(11-14-21)17-6-8-19(9-7-17)24(26)20-12-15-23(16-20)27-22-4-2-1-3-5-22;2-1(3)4/h1-11,13-14,20,23H,12,15-16H2;(H2,2,3,4).